The van der Waals surface area contributed by atoms with Gasteiger partial charge in [-0.2, -0.15) is 0 Å². The summed E-state index contributed by atoms with van der Waals surface area (Å²) < 4.78 is 0. The Kier molecular flexibility index (Phi) is 5.64. The highest BCUT2D eigenvalue weighted by atomic mass is 32.2. The lowest BCUT2D eigenvalue weighted by Gasteiger charge is -2.42. The van der Waals surface area contributed by atoms with Crippen LogP contribution in [0.15, 0.2) is 60.7 Å². The lowest BCUT2D eigenvalue weighted by atomic mass is 9.85. The molecule has 30 heavy (non-hydrogen) atoms. The highest BCUT2D eigenvalue weighted by molar-refractivity contribution is 8.02. The van der Waals surface area contributed by atoms with Crippen LogP contribution in [-0.2, 0) is 15.2 Å². The molecule has 1 saturated heterocycles. The summed E-state index contributed by atoms with van der Waals surface area (Å²) in [6.07, 6.45) is 3.70. The molecule has 0 bridgehead atoms. The average molecular weight is 425 g/mol. The minimum absolute atomic E-state index is 0.105. The van der Waals surface area contributed by atoms with Gasteiger partial charge in [-0.15, -0.1) is 11.8 Å². The van der Waals surface area contributed by atoms with Crippen molar-refractivity contribution in [2.24, 2.45) is 5.92 Å². The van der Waals surface area contributed by atoms with Crippen molar-refractivity contribution < 1.29 is 14.7 Å². The molecule has 2 N–H and O–H groups in total. The summed E-state index contributed by atoms with van der Waals surface area (Å²) in [6, 6.07) is 17.8. The molecular weight excluding hydrogens is 396 g/mol. The van der Waals surface area contributed by atoms with E-state index in [0.717, 1.165) is 25.7 Å². The highest BCUT2D eigenvalue weighted by Gasteiger charge is 2.53. The van der Waals surface area contributed by atoms with Crippen molar-refractivity contribution in [3.8, 4) is 0 Å². The first kappa shape index (κ1) is 20.9. The van der Waals surface area contributed by atoms with Gasteiger partial charge in [0.2, 0.25) is 0 Å². The normalized spacial score (nSPS) is 26.8. The summed E-state index contributed by atoms with van der Waals surface area (Å²) in [7, 11) is 0. The molecule has 1 atom stereocenters. The highest BCUT2D eigenvalue weighted by Crippen LogP contribution is 2.50. The number of thioether (sulfide) groups is 1. The van der Waals surface area contributed by atoms with E-state index in [9.17, 15) is 14.7 Å². The van der Waals surface area contributed by atoms with Gasteiger partial charge in [0.1, 0.15) is 4.87 Å². The predicted molar refractivity (Wildman–Crippen MR) is 118 cm³/mol. The molecule has 1 aliphatic carbocycles. The zero-order chi connectivity index (χ0) is 21.4. The lowest BCUT2D eigenvalue weighted by molar-refractivity contribution is -0.152. The molecule has 4 rings (SSSR count). The van der Waals surface area contributed by atoms with Crippen LogP contribution in [0.5, 0.6) is 0 Å². The van der Waals surface area contributed by atoms with Crippen molar-refractivity contribution in [2.45, 2.75) is 55.3 Å². The summed E-state index contributed by atoms with van der Waals surface area (Å²) >= 11 is 1.63. The van der Waals surface area contributed by atoms with Gasteiger partial charge >= 0.3 is 0 Å². The molecule has 1 saturated carbocycles. The van der Waals surface area contributed by atoms with Gasteiger partial charge in [0.25, 0.3) is 11.8 Å². The average Bonchev–Trinajstić information content (AvgIpc) is 3.00. The molecule has 1 aliphatic heterocycles. The number of hydrogen-bond donors (Lipinski definition) is 2. The molecular formula is C24H28N2O3S. The van der Waals surface area contributed by atoms with E-state index in [2.05, 4.69) is 12.3 Å². The summed E-state index contributed by atoms with van der Waals surface area (Å²) in [6.45, 7) is 4.11. The van der Waals surface area contributed by atoms with E-state index in [-0.39, 0.29) is 11.2 Å². The number of hydrogen-bond acceptors (Lipinski definition) is 4. The second-order valence-electron chi connectivity index (χ2n) is 8.45. The van der Waals surface area contributed by atoms with Crippen LogP contribution >= 0.6 is 11.8 Å². The number of nitrogens with one attached hydrogen (secondary N) is 1. The Hall–Kier alpha value is -2.31. The van der Waals surface area contributed by atoms with E-state index < -0.39 is 16.4 Å². The van der Waals surface area contributed by atoms with E-state index >= 15 is 0 Å². The molecule has 2 aliphatic rings. The van der Waals surface area contributed by atoms with Gasteiger partial charge in [0.15, 0.2) is 5.60 Å². The largest absolute Gasteiger partial charge is 0.372 e. The molecule has 1 spiro atoms. The Morgan fingerprint density at radius 3 is 2.03 bits per heavy atom. The van der Waals surface area contributed by atoms with Crippen molar-refractivity contribution in [3.05, 3.63) is 71.8 Å². The standard InChI is InChI=1S/C24H28N2O3S/c1-17-13-15-23(16-14-17)26(21(27)18(2)30-23)25-22(28)24(29,19-9-5-3-6-10-19)20-11-7-4-8-12-20/h3-12,17-18,29H,13-16H2,1-2H3,(H,25,28). The molecule has 6 heteroatoms. The number of amides is 2. The van der Waals surface area contributed by atoms with Crippen molar-refractivity contribution in [1.29, 1.82) is 0 Å². The van der Waals surface area contributed by atoms with Crippen LogP contribution in [0.25, 0.3) is 0 Å². The van der Waals surface area contributed by atoms with Crippen LogP contribution in [-0.4, -0.2) is 32.1 Å². The number of carbonyl (C=O) groups is 2. The third kappa shape index (κ3) is 3.52. The van der Waals surface area contributed by atoms with Crippen molar-refractivity contribution in [2.75, 3.05) is 0 Å². The lowest BCUT2D eigenvalue weighted by Crippen LogP contribution is -2.60. The Balaban J connectivity index is 1.69. The summed E-state index contributed by atoms with van der Waals surface area (Å²) in [5, 5.41) is 13.0. The molecule has 1 heterocycles. The Morgan fingerprint density at radius 2 is 1.53 bits per heavy atom. The molecule has 2 amide bonds. The molecule has 5 nitrogen and oxygen atoms in total. The van der Waals surface area contributed by atoms with Crippen LogP contribution in [0.1, 0.15) is 50.7 Å². The van der Waals surface area contributed by atoms with Crippen LogP contribution < -0.4 is 5.43 Å². The first-order valence-electron chi connectivity index (χ1n) is 10.5. The van der Waals surface area contributed by atoms with Gasteiger partial charge in [-0.3, -0.25) is 15.0 Å². The maximum absolute atomic E-state index is 13.6. The fourth-order valence-corrected chi connectivity index (χ4v) is 6.07. The Labute approximate surface area is 181 Å². The molecule has 2 aromatic rings. The van der Waals surface area contributed by atoms with Gasteiger partial charge < -0.3 is 5.11 Å². The van der Waals surface area contributed by atoms with Crippen LogP contribution in [0.4, 0.5) is 0 Å². The van der Waals surface area contributed by atoms with E-state index in [0.29, 0.717) is 17.0 Å². The third-order valence-electron chi connectivity index (χ3n) is 6.35. The molecule has 0 radical (unpaired) electrons. The summed E-state index contributed by atoms with van der Waals surface area (Å²) in [5.74, 6) is -0.0994. The number of rotatable bonds is 4. The predicted octanol–water partition coefficient (Wildman–Crippen LogP) is 3.82. The van der Waals surface area contributed by atoms with Crippen LogP contribution in [0.2, 0.25) is 0 Å². The maximum atomic E-state index is 13.6. The monoisotopic (exact) mass is 424 g/mol. The maximum Gasteiger partial charge on any atom is 0.279 e. The summed E-state index contributed by atoms with van der Waals surface area (Å²) in [4.78, 5) is 26.2. The number of hydrazine groups is 1. The Bertz CT molecular complexity index is 871. The van der Waals surface area contributed by atoms with Gasteiger partial charge in [0.05, 0.1) is 5.25 Å². The number of benzene rings is 2. The van der Waals surface area contributed by atoms with Gasteiger partial charge in [-0.25, -0.2) is 5.01 Å². The quantitative estimate of drug-likeness (QED) is 0.783. The van der Waals surface area contributed by atoms with Crippen LogP contribution in [0.3, 0.4) is 0 Å². The topological polar surface area (TPSA) is 69.6 Å². The minimum Gasteiger partial charge on any atom is -0.372 e. The van der Waals surface area contributed by atoms with Crippen molar-refractivity contribution >= 4 is 23.6 Å². The molecule has 1 unspecified atom stereocenters. The Morgan fingerprint density at radius 1 is 1.03 bits per heavy atom. The minimum atomic E-state index is -1.90. The van der Waals surface area contributed by atoms with E-state index in [1.807, 2.05) is 19.1 Å². The molecule has 0 aromatic heterocycles. The fourth-order valence-electron chi connectivity index (χ4n) is 4.50. The first-order chi connectivity index (χ1) is 14.4. The zero-order valence-corrected chi connectivity index (χ0v) is 18.2. The number of nitrogens with zero attached hydrogens (tertiary/aromatic N) is 1. The van der Waals surface area contributed by atoms with Gasteiger partial charge in [-0.05, 0) is 49.7 Å². The number of aliphatic hydroxyl groups is 1. The second-order valence-corrected chi connectivity index (χ2v) is 10.1. The van der Waals surface area contributed by atoms with Crippen LogP contribution in [0, 0.1) is 5.92 Å². The second kappa shape index (κ2) is 8.08. The van der Waals surface area contributed by atoms with Gasteiger partial charge in [0, 0.05) is 0 Å². The summed E-state index contributed by atoms with van der Waals surface area (Å²) in [5.41, 5.74) is 1.88. The smallest absolute Gasteiger partial charge is 0.279 e. The van der Waals surface area contributed by atoms with Gasteiger partial charge in [-0.1, -0.05) is 67.6 Å². The first-order valence-corrected chi connectivity index (χ1v) is 11.4. The third-order valence-corrected chi connectivity index (χ3v) is 7.94. The fraction of sp³-hybridized carbons (Fsp3) is 0.417. The number of carbonyl (C=O) groups excluding carboxylic acids is 2. The van der Waals surface area contributed by atoms with E-state index in [1.54, 1.807) is 60.3 Å². The van der Waals surface area contributed by atoms with Crippen molar-refractivity contribution in [1.82, 2.24) is 10.4 Å². The SMILES string of the molecule is CC1CCC2(CC1)SC(C)C(=O)N2NC(=O)C(O)(c1ccccc1)c1ccccc1. The van der Waals surface area contributed by atoms with E-state index in [4.69, 9.17) is 0 Å². The molecule has 158 valence electrons. The van der Waals surface area contributed by atoms with Crippen molar-refractivity contribution in [3.63, 3.8) is 0 Å². The zero-order valence-electron chi connectivity index (χ0n) is 17.4. The molecule has 2 fully saturated rings. The van der Waals surface area contributed by atoms with E-state index in [1.165, 1.54) is 5.01 Å². The molecule has 2 aromatic carbocycles.